The molecule has 0 saturated heterocycles. The second-order valence-electron chi connectivity index (χ2n) is 4.76. The van der Waals surface area contributed by atoms with Crippen LogP contribution in [0.15, 0.2) is 18.2 Å². The van der Waals surface area contributed by atoms with Gasteiger partial charge in [0, 0.05) is 6.04 Å². The Balaban J connectivity index is 1.73. The highest BCUT2D eigenvalue weighted by Crippen LogP contribution is 2.33. The Kier molecular flexibility index (Phi) is 2.17. The van der Waals surface area contributed by atoms with Crippen molar-refractivity contribution in [3.8, 4) is 5.75 Å². The maximum atomic E-state index is 5.99. The van der Waals surface area contributed by atoms with Crippen molar-refractivity contribution in [2.24, 2.45) is 11.7 Å². The maximum absolute atomic E-state index is 5.99. The molecular weight excluding hydrogens is 186 g/mol. The van der Waals surface area contributed by atoms with E-state index >= 15 is 0 Å². The van der Waals surface area contributed by atoms with Crippen molar-refractivity contribution < 1.29 is 4.74 Å². The summed E-state index contributed by atoms with van der Waals surface area (Å²) in [5.41, 5.74) is 8.69. The Bertz CT molecular complexity index is 371. The highest BCUT2D eigenvalue weighted by atomic mass is 16.5. The van der Waals surface area contributed by atoms with Gasteiger partial charge in [-0.1, -0.05) is 6.07 Å². The first-order valence-electron chi connectivity index (χ1n) is 5.84. The van der Waals surface area contributed by atoms with Crippen LogP contribution in [0.1, 0.15) is 36.4 Å². The van der Waals surface area contributed by atoms with Crippen LogP contribution in [0.25, 0.3) is 0 Å². The molecule has 1 aromatic rings. The first kappa shape index (κ1) is 9.22. The lowest BCUT2D eigenvalue weighted by Crippen LogP contribution is -2.05. The van der Waals surface area contributed by atoms with E-state index < -0.39 is 0 Å². The highest BCUT2D eigenvalue weighted by Gasteiger charge is 2.23. The SMILES string of the molecule is N[C@@H]1CCc2cc(OCC3CC3)ccc21. The number of hydrogen-bond donors (Lipinski definition) is 1. The number of aryl methyl sites for hydroxylation is 1. The Morgan fingerprint density at radius 2 is 2.13 bits per heavy atom. The van der Waals surface area contributed by atoms with Crippen LogP contribution in [0.4, 0.5) is 0 Å². The fourth-order valence-electron chi connectivity index (χ4n) is 2.22. The van der Waals surface area contributed by atoms with E-state index in [9.17, 15) is 0 Å². The fourth-order valence-corrected chi connectivity index (χ4v) is 2.22. The number of ether oxygens (including phenoxy) is 1. The van der Waals surface area contributed by atoms with Gasteiger partial charge in [0.15, 0.2) is 0 Å². The summed E-state index contributed by atoms with van der Waals surface area (Å²) in [4.78, 5) is 0. The number of fused-ring (bicyclic) bond motifs is 1. The van der Waals surface area contributed by atoms with Crippen LogP contribution in [0, 0.1) is 5.92 Å². The predicted octanol–water partition coefficient (Wildman–Crippen LogP) is 2.42. The van der Waals surface area contributed by atoms with Crippen molar-refractivity contribution in [3.63, 3.8) is 0 Å². The van der Waals surface area contributed by atoms with Crippen molar-refractivity contribution in [2.45, 2.75) is 31.7 Å². The summed E-state index contributed by atoms with van der Waals surface area (Å²) in [6, 6.07) is 6.61. The molecule has 0 heterocycles. The third-order valence-electron chi connectivity index (χ3n) is 3.42. The third-order valence-corrected chi connectivity index (χ3v) is 3.42. The summed E-state index contributed by atoms with van der Waals surface area (Å²) in [5.74, 6) is 1.84. The van der Waals surface area contributed by atoms with Gasteiger partial charge in [-0.25, -0.2) is 0 Å². The second-order valence-corrected chi connectivity index (χ2v) is 4.76. The minimum absolute atomic E-state index is 0.248. The first-order valence-corrected chi connectivity index (χ1v) is 5.84. The molecule has 15 heavy (non-hydrogen) atoms. The van der Waals surface area contributed by atoms with E-state index in [0.29, 0.717) is 0 Å². The highest BCUT2D eigenvalue weighted by molar-refractivity contribution is 5.40. The van der Waals surface area contributed by atoms with E-state index in [1.807, 2.05) is 0 Å². The molecule has 0 unspecified atom stereocenters. The Morgan fingerprint density at radius 3 is 2.93 bits per heavy atom. The maximum Gasteiger partial charge on any atom is 0.119 e. The van der Waals surface area contributed by atoms with Gasteiger partial charge in [0.05, 0.1) is 6.61 Å². The quantitative estimate of drug-likeness (QED) is 0.818. The summed E-state index contributed by atoms with van der Waals surface area (Å²) in [6.07, 6.45) is 4.88. The average Bonchev–Trinajstić information content (AvgIpc) is 3.01. The van der Waals surface area contributed by atoms with Crippen LogP contribution in [0.2, 0.25) is 0 Å². The molecule has 2 aliphatic carbocycles. The van der Waals surface area contributed by atoms with E-state index in [2.05, 4.69) is 18.2 Å². The van der Waals surface area contributed by atoms with E-state index in [1.54, 1.807) is 0 Å². The zero-order valence-electron chi connectivity index (χ0n) is 8.91. The summed E-state index contributed by atoms with van der Waals surface area (Å²) in [6.45, 7) is 0.894. The summed E-state index contributed by atoms with van der Waals surface area (Å²) in [5, 5.41) is 0. The normalized spacial score (nSPS) is 23.9. The van der Waals surface area contributed by atoms with E-state index in [1.165, 1.54) is 24.0 Å². The molecular formula is C13H17NO. The van der Waals surface area contributed by atoms with Crippen molar-refractivity contribution in [2.75, 3.05) is 6.61 Å². The van der Waals surface area contributed by atoms with Gasteiger partial charge in [-0.2, -0.15) is 0 Å². The molecule has 80 valence electrons. The van der Waals surface area contributed by atoms with E-state index in [0.717, 1.165) is 31.1 Å². The van der Waals surface area contributed by atoms with E-state index in [4.69, 9.17) is 10.5 Å². The van der Waals surface area contributed by atoms with Crippen molar-refractivity contribution in [1.29, 1.82) is 0 Å². The molecule has 0 bridgehead atoms. The minimum Gasteiger partial charge on any atom is -0.493 e. The molecule has 2 nitrogen and oxygen atoms in total. The summed E-state index contributed by atoms with van der Waals surface area (Å²) >= 11 is 0. The van der Waals surface area contributed by atoms with Gasteiger partial charge in [0.25, 0.3) is 0 Å². The Labute approximate surface area is 90.4 Å². The number of rotatable bonds is 3. The number of benzene rings is 1. The van der Waals surface area contributed by atoms with Gasteiger partial charge >= 0.3 is 0 Å². The summed E-state index contributed by atoms with van der Waals surface area (Å²) < 4.78 is 5.75. The lowest BCUT2D eigenvalue weighted by atomic mass is 10.1. The predicted molar refractivity (Wildman–Crippen MR) is 59.9 cm³/mol. The first-order chi connectivity index (χ1) is 7.33. The molecule has 2 N–H and O–H groups in total. The molecule has 0 radical (unpaired) electrons. The molecule has 1 atom stereocenters. The van der Waals surface area contributed by atoms with Crippen LogP contribution in [-0.2, 0) is 6.42 Å². The van der Waals surface area contributed by atoms with Crippen LogP contribution < -0.4 is 10.5 Å². The molecule has 1 fully saturated rings. The van der Waals surface area contributed by atoms with Crippen molar-refractivity contribution in [3.05, 3.63) is 29.3 Å². The zero-order chi connectivity index (χ0) is 10.3. The standard InChI is InChI=1S/C13H17NO/c14-13-6-3-10-7-11(4-5-12(10)13)15-8-9-1-2-9/h4-5,7,9,13H,1-3,6,8,14H2/t13-/m1/s1. The Hall–Kier alpha value is -1.02. The monoisotopic (exact) mass is 203 g/mol. The van der Waals surface area contributed by atoms with Gasteiger partial charge in [-0.15, -0.1) is 0 Å². The molecule has 0 spiro atoms. The van der Waals surface area contributed by atoms with Crippen molar-refractivity contribution >= 4 is 0 Å². The van der Waals surface area contributed by atoms with E-state index in [-0.39, 0.29) is 6.04 Å². The molecule has 1 aromatic carbocycles. The molecule has 2 aliphatic rings. The van der Waals surface area contributed by atoms with Gasteiger partial charge in [0.1, 0.15) is 5.75 Å². The van der Waals surface area contributed by atoms with Crippen LogP contribution >= 0.6 is 0 Å². The number of nitrogens with two attached hydrogens (primary N) is 1. The molecule has 1 saturated carbocycles. The van der Waals surface area contributed by atoms with Crippen molar-refractivity contribution in [1.82, 2.24) is 0 Å². The molecule has 3 rings (SSSR count). The van der Waals surface area contributed by atoms with Gasteiger partial charge in [-0.3, -0.25) is 0 Å². The minimum atomic E-state index is 0.248. The smallest absolute Gasteiger partial charge is 0.119 e. The van der Waals surface area contributed by atoms with Gasteiger partial charge in [-0.05, 0) is 54.9 Å². The summed E-state index contributed by atoms with van der Waals surface area (Å²) in [7, 11) is 0. The lowest BCUT2D eigenvalue weighted by molar-refractivity contribution is 0.299. The largest absolute Gasteiger partial charge is 0.493 e. The molecule has 0 aromatic heterocycles. The van der Waals surface area contributed by atoms with Crippen LogP contribution in [-0.4, -0.2) is 6.61 Å². The van der Waals surface area contributed by atoms with Crippen LogP contribution in [0.5, 0.6) is 5.75 Å². The molecule has 2 heteroatoms. The Morgan fingerprint density at radius 1 is 1.27 bits per heavy atom. The lowest BCUT2D eigenvalue weighted by Gasteiger charge is -2.08. The second kappa shape index (κ2) is 3.53. The topological polar surface area (TPSA) is 35.2 Å². The third kappa shape index (κ3) is 1.86. The molecule has 0 amide bonds. The molecule has 0 aliphatic heterocycles. The average molecular weight is 203 g/mol. The zero-order valence-corrected chi connectivity index (χ0v) is 8.91. The number of hydrogen-bond acceptors (Lipinski definition) is 2. The van der Waals surface area contributed by atoms with Gasteiger partial charge < -0.3 is 10.5 Å². The fraction of sp³-hybridized carbons (Fsp3) is 0.538. The van der Waals surface area contributed by atoms with Crippen LogP contribution in [0.3, 0.4) is 0 Å². The van der Waals surface area contributed by atoms with Gasteiger partial charge in [0.2, 0.25) is 0 Å².